The van der Waals surface area contributed by atoms with Crippen molar-refractivity contribution in [3.63, 3.8) is 0 Å². The van der Waals surface area contributed by atoms with Gasteiger partial charge in [0.2, 0.25) is 0 Å². The van der Waals surface area contributed by atoms with Crippen LogP contribution in [-0.4, -0.2) is 21.9 Å². The molecule has 1 aromatic heterocycles. The minimum absolute atomic E-state index is 0.629. The molecule has 1 fully saturated rings. The Hall–Kier alpha value is -0.260. The van der Waals surface area contributed by atoms with E-state index >= 15 is 0 Å². The van der Waals surface area contributed by atoms with Crippen molar-refractivity contribution in [2.75, 3.05) is 4.90 Å². The van der Waals surface area contributed by atoms with Gasteiger partial charge in [0, 0.05) is 24.7 Å². The fraction of sp³-hybridized carbons (Fsp3) is 0.727. The van der Waals surface area contributed by atoms with Crippen LogP contribution in [0.3, 0.4) is 0 Å². The average Bonchev–Trinajstić information content (AvgIpc) is 2.63. The lowest BCUT2D eigenvalue weighted by atomic mass is 10.2. The molecule has 3 nitrogen and oxygen atoms in total. The Balaban J connectivity index is 2.40. The largest absolute Gasteiger partial charge is 0.349 e. The van der Waals surface area contributed by atoms with Crippen LogP contribution in [0.1, 0.15) is 32.3 Å². The standard InChI is InChI=1S/C11H18IN3/c1-7-5-6-8(2)15(7)11-9(3)10(12)14(4)13-11/h7-8H,5-6H2,1-4H3. The number of rotatable bonds is 1. The first-order valence-corrected chi connectivity index (χ1v) is 6.57. The zero-order valence-electron chi connectivity index (χ0n) is 9.79. The normalized spacial score (nSPS) is 26.3. The molecule has 0 saturated carbocycles. The van der Waals surface area contributed by atoms with Crippen LogP contribution in [0.5, 0.6) is 0 Å². The smallest absolute Gasteiger partial charge is 0.155 e. The topological polar surface area (TPSA) is 21.1 Å². The van der Waals surface area contributed by atoms with Crippen molar-refractivity contribution >= 4 is 28.4 Å². The van der Waals surface area contributed by atoms with E-state index in [9.17, 15) is 0 Å². The molecule has 0 bridgehead atoms. The van der Waals surface area contributed by atoms with Gasteiger partial charge in [-0.05, 0) is 56.2 Å². The first kappa shape index (κ1) is 11.2. The lowest BCUT2D eigenvalue weighted by Gasteiger charge is -2.26. The van der Waals surface area contributed by atoms with E-state index in [0.717, 1.165) is 0 Å². The number of aryl methyl sites for hydroxylation is 1. The molecule has 1 saturated heterocycles. The highest BCUT2D eigenvalue weighted by Crippen LogP contribution is 2.32. The summed E-state index contributed by atoms with van der Waals surface area (Å²) in [4.78, 5) is 2.47. The molecule has 2 atom stereocenters. The summed E-state index contributed by atoms with van der Waals surface area (Å²) in [5.74, 6) is 1.18. The molecule has 1 aromatic rings. The molecule has 15 heavy (non-hydrogen) atoms. The van der Waals surface area contributed by atoms with Gasteiger partial charge in [0.05, 0.1) is 0 Å². The molecule has 1 aliphatic heterocycles. The number of nitrogens with zero attached hydrogens (tertiary/aromatic N) is 3. The summed E-state index contributed by atoms with van der Waals surface area (Å²) in [7, 11) is 2.02. The Labute approximate surface area is 105 Å². The van der Waals surface area contributed by atoms with E-state index in [2.05, 4.69) is 53.4 Å². The van der Waals surface area contributed by atoms with E-state index in [4.69, 9.17) is 0 Å². The van der Waals surface area contributed by atoms with E-state index in [1.807, 2.05) is 11.7 Å². The van der Waals surface area contributed by atoms with Crippen molar-refractivity contribution in [3.05, 3.63) is 9.26 Å². The third kappa shape index (κ3) is 1.77. The number of hydrogen-bond donors (Lipinski definition) is 0. The monoisotopic (exact) mass is 319 g/mol. The predicted molar refractivity (Wildman–Crippen MR) is 71.3 cm³/mol. The van der Waals surface area contributed by atoms with Gasteiger partial charge >= 0.3 is 0 Å². The number of anilines is 1. The van der Waals surface area contributed by atoms with Gasteiger partial charge in [0.1, 0.15) is 3.70 Å². The number of hydrogen-bond acceptors (Lipinski definition) is 2. The molecule has 0 radical (unpaired) electrons. The van der Waals surface area contributed by atoms with Crippen LogP contribution >= 0.6 is 22.6 Å². The highest BCUT2D eigenvalue weighted by Gasteiger charge is 2.30. The Morgan fingerprint density at radius 2 is 1.80 bits per heavy atom. The van der Waals surface area contributed by atoms with Gasteiger partial charge in [0.15, 0.2) is 5.82 Å². The zero-order chi connectivity index (χ0) is 11.2. The molecule has 0 spiro atoms. The van der Waals surface area contributed by atoms with Crippen molar-refractivity contribution in [1.29, 1.82) is 0 Å². The van der Waals surface area contributed by atoms with Crippen LogP contribution in [0.4, 0.5) is 5.82 Å². The molecule has 1 aliphatic rings. The number of halogens is 1. The van der Waals surface area contributed by atoms with Gasteiger partial charge in [-0.3, -0.25) is 4.68 Å². The molecule has 2 rings (SSSR count). The van der Waals surface area contributed by atoms with E-state index in [-0.39, 0.29) is 0 Å². The van der Waals surface area contributed by atoms with E-state index < -0.39 is 0 Å². The van der Waals surface area contributed by atoms with Crippen molar-refractivity contribution in [3.8, 4) is 0 Å². The van der Waals surface area contributed by atoms with Crippen LogP contribution < -0.4 is 4.90 Å². The van der Waals surface area contributed by atoms with Gasteiger partial charge < -0.3 is 4.90 Å². The molecule has 2 heterocycles. The van der Waals surface area contributed by atoms with Crippen molar-refractivity contribution < 1.29 is 0 Å². The molecule has 0 aliphatic carbocycles. The summed E-state index contributed by atoms with van der Waals surface area (Å²) in [6, 6.07) is 1.26. The lowest BCUT2D eigenvalue weighted by molar-refractivity contribution is 0.661. The van der Waals surface area contributed by atoms with E-state index in [1.165, 1.54) is 27.9 Å². The molecule has 4 heteroatoms. The van der Waals surface area contributed by atoms with Crippen molar-refractivity contribution in [2.24, 2.45) is 7.05 Å². The van der Waals surface area contributed by atoms with Gasteiger partial charge in [-0.1, -0.05) is 0 Å². The second kappa shape index (κ2) is 3.96. The Morgan fingerprint density at radius 3 is 2.20 bits per heavy atom. The summed E-state index contributed by atoms with van der Waals surface area (Å²) in [6.07, 6.45) is 2.57. The number of aromatic nitrogens is 2. The first-order valence-electron chi connectivity index (χ1n) is 5.49. The third-order valence-electron chi connectivity index (χ3n) is 3.37. The first-order chi connectivity index (χ1) is 7.02. The van der Waals surface area contributed by atoms with Gasteiger partial charge in [0.25, 0.3) is 0 Å². The maximum absolute atomic E-state index is 4.63. The van der Waals surface area contributed by atoms with Gasteiger partial charge in [-0.25, -0.2) is 0 Å². The van der Waals surface area contributed by atoms with Crippen LogP contribution in [0.15, 0.2) is 0 Å². The zero-order valence-corrected chi connectivity index (χ0v) is 11.9. The Bertz CT molecular complexity index is 362. The molecular weight excluding hydrogens is 301 g/mol. The SMILES string of the molecule is Cc1c(N2C(C)CCC2C)nn(C)c1I. The predicted octanol–water partition coefficient (Wildman–Crippen LogP) is 2.71. The maximum atomic E-state index is 4.63. The molecule has 2 unspecified atom stereocenters. The highest BCUT2D eigenvalue weighted by atomic mass is 127. The second-order valence-corrected chi connectivity index (χ2v) is 5.57. The quantitative estimate of drug-likeness (QED) is 0.742. The van der Waals surface area contributed by atoms with Gasteiger partial charge in [-0.2, -0.15) is 5.10 Å². The van der Waals surface area contributed by atoms with Crippen LogP contribution in [-0.2, 0) is 7.05 Å². The summed E-state index contributed by atoms with van der Waals surface area (Å²) in [6.45, 7) is 6.76. The van der Waals surface area contributed by atoms with Crippen molar-refractivity contribution in [1.82, 2.24) is 9.78 Å². The maximum Gasteiger partial charge on any atom is 0.155 e. The molecule has 84 valence electrons. The molecule has 0 aromatic carbocycles. The Morgan fingerprint density at radius 1 is 1.27 bits per heavy atom. The molecule has 0 N–H and O–H groups in total. The van der Waals surface area contributed by atoms with Crippen LogP contribution in [0, 0.1) is 10.6 Å². The Kier molecular flexibility index (Phi) is 2.96. The van der Waals surface area contributed by atoms with Crippen LogP contribution in [0.25, 0.3) is 0 Å². The fourth-order valence-electron chi connectivity index (χ4n) is 2.45. The minimum atomic E-state index is 0.629. The lowest BCUT2D eigenvalue weighted by Crippen LogP contribution is -2.33. The van der Waals surface area contributed by atoms with E-state index in [0.29, 0.717) is 12.1 Å². The second-order valence-electron chi connectivity index (χ2n) is 4.55. The molecule has 0 amide bonds. The summed E-state index contributed by atoms with van der Waals surface area (Å²) in [5, 5.41) is 4.63. The summed E-state index contributed by atoms with van der Waals surface area (Å²) >= 11 is 2.36. The van der Waals surface area contributed by atoms with E-state index in [1.54, 1.807) is 0 Å². The van der Waals surface area contributed by atoms with Gasteiger partial charge in [-0.15, -0.1) is 0 Å². The van der Waals surface area contributed by atoms with Crippen molar-refractivity contribution in [2.45, 2.75) is 45.7 Å². The fourth-order valence-corrected chi connectivity index (χ4v) is 2.80. The summed E-state index contributed by atoms with van der Waals surface area (Å²) in [5.41, 5.74) is 1.32. The highest BCUT2D eigenvalue weighted by molar-refractivity contribution is 14.1. The third-order valence-corrected chi connectivity index (χ3v) is 4.88. The minimum Gasteiger partial charge on any atom is -0.349 e. The molecular formula is C11H18IN3. The average molecular weight is 319 g/mol. The summed E-state index contributed by atoms with van der Waals surface area (Å²) < 4.78 is 3.22. The van der Waals surface area contributed by atoms with Crippen LogP contribution in [0.2, 0.25) is 0 Å².